The zero-order chi connectivity index (χ0) is 26.7. The standard InChI is InChI=1S/C33H41N3O/c1-8-35-31(34-36(32(35)37)22-27-13-17-29(18-14-27)33(5,6)7)11-9-10-26-15-19-30(25(4)20-26)28-16-12-23(2)24(3)21-28/h12-21H,8-11,22H2,1-7H3. The first-order chi connectivity index (χ1) is 17.6. The first-order valence-corrected chi connectivity index (χ1v) is 13.5. The molecule has 0 amide bonds. The van der Waals surface area contributed by atoms with Gasteiger partial charge in [0.2, 0.25) is 0 Å². The third kappa shape index (κ3) is 6.12. The number of rotatable bonds is 8. The van der Waals surface area contributed by atoms with Gasteiger partial charge in [-0.3, -0.25) is 4.57 Å². The highest BCUT2D eigenvalue weighted by Gasteiger charge is 2.15. The molecule has 4 heteroatoms. The van der Waals surface area contributed by atoms with Crippen molar-refractivity contribution in [3.05, 3.63) is 110 Å². The third-order valence-corrected chi connectivity index (χ3v) is 7.44. The summed E-state index contributed by atoms with van der Waals surface area (Å²) in [7, 11) is 0. The van der Waals surface area contributed by atoms with Gasteiger partial charge in [-0.05, 0) is 90.5 Å². The number of nitrogens with zero attached hydrogens (tertiary/aromatic N) is 3. The number of benzene rings is 3. The highest BCUT2D eigenvalue weighted by atomic mass is 16.2. The van der Waals surface area contributed by atoms with E-state index in [4.69, 9.17) is 5.10 Å². The number of hydrogen-bond acceptors (Lipinski definition) is 2. The SMILES string of the molecule is CCn1c(CCCc2ccc(-c3ccc(C)c(C)c3)c(C)c2)nn(Cc2ccc(C(C)(C)C)cc2)c1=O. The molecule has 0 saturated carbocycles. The van der Waals surface area contributed by atoms with Gasteiger partial charge in [-0.1, -0.05) is 81.4 Å². The predicted octanol–water partition coefficient (Wildman–Crippen LogP) is 7.18. The Bertz CT molecular complexity index is 1430. The molecule has 0 aliphatic carbocycles. The summed E-state index contributed by atoms with van der Waals surface area (Å²) in [5.74, 6) is 0.877. The van der Waals surface area contributed by atoms with Crippen molar-refractivity contribution in [2.45, 2.75) is 86.2 Å². The second kappa shape index (κ2) is 10.9. The largest absolute Gasteiger partial charge is 0.346 e. The van der Waals surface area contributed by atoms with E-state index in [1.165, 1.54) is 38.9 Å². The van der Waals surface area contributed by atoms with E-state index >= 15 is 0 Å². The highest BCUT2D eigenvalue weighted by Crippen LogP contribution is 2.27. The molecular formula is C33H41N3O. The van der Waals surface area contributed by atoms with E-state index < -0.39 is 0 Å². The number of aryl methyl sites for hydroxylation is 5. The minimum atomic E-state index is -0.0222. The van der Waals surface area contributed by atoms with Gasteiger partial charge in [0.25, 0.3) is 0 Å². The van der Waals surface area contributed by atoms with Crippen LogP contribution in [0, 0.1) is 20.8 Å². The molecule has 0 fully saturated rings. The summed E-state index contributed by atoms with van der Waals surface area (Å²) in [6.45, 7) is 16.3. The molecule has 1 aromatic heterocycles. The van der Waals surface area contributed by atoms with Crippen molar-refractivity contribution in [1.82, 2.24) is 14.3 Å². The van der Waals surface area contributed by atoms with E-state index in [0.717, 1.165) is 30.7 Å². The molecule has 4 nitrogen and oxygen atoms in total. The van der Waals surface area contributed by atoms with E-state index in [1.54, 1.807) is 4.68 Å². The monoisotopic (exact) mass is 495 g/mol. The van der Waals surface area contributed by atoms with Crippen LogP contribution in [-0.4, -0.2) is 14.3 Å². The van der Waals surface area contributed by atoms with Crippen LogP contribution in [0.5, 0.6) is 0 Å². The normalized spacial score (nSPS) is 11.8. The fraction of sp³-hybridized carbons (Fsp3) is 0.394. The predicted molar refractivity (Wildman–Crippen MR) is 155 cm³/mol. The van der Waals surface area contributed by atoms with Crippen molar-refractivity contribution < 1.29 is 0 Å². The Morgan fingerprint density at radius 2 is 1.49 bits per heavy atom. The number of hydrogen-bond donors (Lipinski definition) is 0. The average molecular weight is 496 g/mol. The van der Waals surface area contributed by atoms with E-state index in [0.29, 0.717) is 13.1 Å². The Morgan fingerprint density at radius 1 is 0.784 bits per heavy atom. The summed E-state index contributed by atoms with van der Waals surface area (Å²) in [6.07, 6.45) is 2.71. The van der Waals surface area contributed by atoms with Crippen molar-refractivity contribution >= 4 is 0 Å². The fourth-order valence-electron chi connectivity index (χ4n) is 4.94. The van der Waals surface area contributed by atoms with Gasteiger partial charge in [0, 0.05) is 13.0 Å². The van der Waals surface area contributed by atoms with E-state index in [1.807, 2.05) is 11.5 Å². The number of aromatic nitrogens is 3. The first-order valence-electron chi connectivity index (χ1n) is 13.5. The molecule has 0 N–H and O–H groups in total. The van der Waals surface area contributed by atoms with Gasteiger partial charge in [-0.25, -0.2) is 9.48 Å². The maximum absolute atomic E-state index is 13.0. The van der Waals surface area contributed by atoms with Crippen LogP contribution in [-0.2, 0) is 31.3 Å². The maximum Gasteiger partial charge on any atom is 0.346 e. The van der Waals surface area contributed by atoms with E-state index in [9.17, 15) is 4.79 Å². The van der Waals surface area contributed by atoms with Crippen LogP contribution in [0.25, 0.3) is 11.1 Å². The van der Waals surface area contributed by atoms with Gasteiger partial charge in [0.05, 0.1) is 6.54 Å². The van der Waals surface area contributed by atoms with Crippen LogP contribution < -0.4 is 5.69 Å². The molecule has 0 atom stereocenters. The Kier molecular flexibility index (Phi) is 7.87. The van der Waals surface area contributed by atoms with Crippen molar-refractivity contribution in [3.63, 3.8) is 0 Å². The maximum atomic E-state index is 13.0. The van der Waals surface area contributed by atoms with E-state index in [2.05, 4.69) is 102 Å². The zero-order valence-corrected chi connectivity index (χ0v) is 23.6. The Morgan fingerprint density at radius 3 is 2.11 bits per heavy atom. The Balaban J connectivity index is 1.43. The van der Waals surface area contributed by atoms with Crippen LogP contribution in [0.2, 0.25) is 0 Å². The lowest BCUT2D eigenvalue weighted by Crippen LogP contribution is -2.25. The second-order valence-electron chi connectivity index (χ2n) is 11.3. The van der Waals surface area contributed by atoms with E-state index in [-0.39, 0.29) is 11.1 Å². The lowest BCUT2D eigenvalue weighted by molar-refractivity contribution is 0.588. The van der Waals surface area contributed by atoms with Crippen LogP contribution >= 0.6 is 0 Å². The first kappa shape index (κ1) is 26.7. The summed E-state index contributed by atoms with van der Waals surface area (Å²) in [6, 6.07) is 22.0. The van der Waals surface area contributed by atoms with Gasteiger partial charge < -0.3 is 0 Å². The highest BCUT2D eigenvalue weighted by molar-refractivity contribution is 5.68. The van der Waals surface area contributed by atoms with Crippen molar-refractivity contribution in [1.29, 1.82) is 0 Å². The molecular weight excluding hydrogens is 454 g/mol. The third-order valence-electron chi connectivity index (χ3n) is 7.44. The fourth-order valence-corrected chi connectivity index (χ4v) is 4.94. The van der Waals surface area contributed by atoms with Crippen molar-refractivity contribution in [3.8, 4) is 11.1 Å². The molecule has 0 radical (unpaired) electrons. The molecule has 0 aliphatic rings. The molecule has 0 aliphatic heterocycles. The quantitative estimate of drug-likeness (QED) is 0.260. The molecule has 1 heterocycles. The van der Waals surface area contributed by atoms with Crippen LogP contribution in [0.3, 0.4) is 0 Å². The van der Waals surface area contributed by atoms with Crippen molar-refractivity contribution in [2.24, 2.45) is 0 Å². The molecule has 4 rings (SSSR count). The van der Waals surface area contributed by atoms with Gasteiger partial charge in [0.1, 0.15) is 5.82 Å². The zero-order valence-electron chi connectivity index (χ0n) is 23.6. The molecule has 194 valence electrons. The minimum absolute atomic E-state index is 0.0222. The molecule has 0 bridgehead atoms. The molecule has 0 saturated heterocycles. The summed E-state index contributed by atoms with van der Waals surface area (Å²) >= 11 is 0. The lowest BCUT2D eigenvalue weighted by Gasteiger charge is -2.19. The van der Waals surface area contributed by atoms with Gasteiger partial charge >= 0.3 is 5.69 Å². The molecule has 0 spiro atoms. The van der Waals surface area contributed by atoms with Crippen LogP contribution in [0.4, 0.5) is 0 Å². The summed E-state index contributed by atoms with van der Waals surface area (Å²) in [5, 5.41) is 4.73. The van der Waals surface area contributed by atoms with Gasteiger partial charge in [-0.15, -0.1) is 0 Å². The van der Waals surface area contributed by atoms with Crippen molar-refractivity contribution in [2.75, 3.05) is 0 Å². The van der Waals surface area contributed by atoms with Crippen LogP contribution in [0.15, 0.2) is 65.5 Å². The smallest absolute Gasteiger partial charge is 0.279 e. The Hall–Kier alpha value is -3.40. The Labute approximate surface area is 222 Å². The summed E-state index contributed by atoms with van der Waals surface area (Å²) < 4.78 is 3.44. The minimum Gasteiger partial charge on any atom is -0.279 e. The lowest BCUT2D eigenvalue weighted by atomic mass is 9.87. The van der Waals surface area contributed by atoms with Gasteiger partial charge in [-0.2, -0.15) is 5.10 Å². The van der Waals surface area contributed by atoms with Crippen LogP contribution in [0.1, 0.15) is 73.3 Å². The van der Waals surface area contributed by atoms with Gasteiger partial charge in [0.15, 0.2) is 0 Å². The summed E-state index contributed by atoms with van der Waals surface area (Å²) in [5.41, 5.74) is 10.3. The topological polar surface area (TPSA) is 39.8 Å². The molecule has 4 aromatic rings. The molecule has 37 heavy (non-hydrogen) atoms. The molecule has 3 aromatic carbocycles. The second-order valence-corrected chi connectivity index (χ2v) is 11.3. The molecule has 0 unspecified atom stereocenters. The average Bonchev–Trinajstić information content (AvgIpc) is 3.14. The summed E-state index contributed by atoms with van der Waals surface area (Å²) in [4.78, 5) is 13.0.